The number of nitrogens with two attached hydrogens (primary N) is 1. The van der Waals surface area contributed by atoms with Crippen LogP contribution in [0.5, 0.6) is 0 Å². The predicted molar refractivity (Wildman–Crippen MR) is 42.8 cm³/mol. The molecule has 1 aromatic heterocycles. The Morgan fingerprint density at radius 1 is 1.82 bits per heavy atom. The third-order valence-corrected chi connectivity index (χ3v) is 1.50. The fraction of sp³-hybridized carbons (Fsp3) is 0.143. The molecule has 0 aliphatic rings. The van der Waals surface area contributed by atoms with Gasteiger partial charge in [-0.1, -0.05) is 5.92 Å². The van der Waals surface area contributed by atoms with Gasteiger partial charge in [-0.05, 0) is 5.92 Å². The Labute approximate surface area is 68.3 Å². The molecule has 1 amide bonds. The van der Waals surface area contributed by atoms with Gasteiger partial charge in [-0.3, -0.25) is 4.79 Å². The number of primary amides is 1. The molecule has 56 valence electrons. The van der Waals surface area contributed by atoms with Crippen LogP contribution in [0.15, 0.2) is 10.9 Å². The van der Waals surface area contributed by atoms with Gasteiger partial charge in [0.1, 0.15) is 5.69 Å². The SMILES string of the molecule is NC(=O)CC#Cc1cscn1. The Morgan fingerprint density at radius 2 is 2.64 bits per heavy atom. The van der Waals surface area contributed by atoms with Crippen molar-refractivity contribution in [2.75, 3.05) is 0 Å². The van der Waals surface area contributed by atoms with Crippen LogP contribution >= 0.6 is 11.3 Å². The second kappa shape index (κ2) is 3.74. The maximum Gasteiger partial charge on any atom is 0.229 e. The first-order chi connectivity index (χ1) is 5.29. The lowest BCUT2D eigenvalue weighted by Crippen LogP contribution is -2.08. The molecule has 1 rings (SSSR count). The normalized spacial score (nSPS) is 8.36. The summed E-state index contributed by atoms with van der Waals surface area (Å²) in [5, 5.41) is 1.81. The first-order valence-corrected chi connectivity index (χ1v) is 3.88. The highest BCUT2D eigenvalue weighted by Gasteiger charge is 1.87. The molecule has 0 fully saturated rings. The largest absolute Gasteiger partial charge is 0.369 e. The highest BCUT2D eigenvalue weighted by Crippen LogP contribution is 1.97. The number of thiazole rings is 1. The molecule has 2 N–H and O–H groups in total. The van der Waals surface area contributed by atoms with E-state index in [9.17, 15) is 4.79 Å². The van der Waals surface area contributed by atoms with E-state index in [1.54, 1.807) is 5.51 Å². The van der Waals surface area contributed by atoms with Gasteiger partial charge in [0, 0.05) is 5.38 Å². The molecule has 0 aliphatic heterocycles. The summed E-state index contributed by atoms with van der Waals surface area (Å²) in [4.78, 5) is 14.1. The van der Waals surface area contributed by atoms with E-state index in [0.29, 0.717) is 5.69 Å². The van der Waals surface area contributed by atoms with Gasteiger partial charge in [0.25, 0.3) is 0 Å². The van der Waals surface area contributed by atoms with Crippen LogP contribution in [0.4, 0.5) is 0 Å². The number of aromatic nitrogens is 1. The number of hydrogen-bond donors (Lipinski definition) is 1. The van der Waals surface area contributed by atoms with E-state index in [2.05, 4.69) is 16.8 Å². The molecule has 0 aliphatic carbocycles. The third kappa shape index (κ3) is 2.83. The summed E-state index contributed by atoms with van der Waals surface area (Å²) in [6.45, 7) is 0. The van der Waals surface area contributed by atoms with Crippen molar-refractivity contribution in [2.45, 2.75) is 6.42 Å². The van der Waals surface area contributed by atoms with Crippen molar-refractivity contribution in [1.82, 2.24) is 4.98 Å². The Morgan fingerprint density at radius 3 is 3.18 bits per heavy atom. The van der Waals surface area contributed by atoms with Crippen molar-refractivity contribution < 1.29 is 4.79 Å². The summed E-state index contributed by atoms with van der Waals surface area (Å²) < 4.78 is 0. The second-order valence-electron chi connectivity index (χ2n) is 1.82. The highest BCUT2D eigenvalue weighted by molar-refractivity contribution is 7.07. The molecular weight excluding hydrogens is 160 g/mol. The summed E-state index contributed by atoms with van der Waals surface area (Å²) in [6.07, 6.45) is 0.0948. The van der Waals surface area contributed by atoms with Gasteiger partial charge in [-0.2, -0.15) is 0 Å². The Balaban J connectivity index is 2.52. The number of rotatable bonds is 1. The minimum atomic E-state index is -0.410. The second-order valence-corrected chi connectivity index (χ2v) is 2.54. The van der Waals surface area contributed by atoms with Crippen LogP contribution < -0.4 is 5.73 Å². The van der Waals surface area contributed by atoms with Crippen LogP contribution in [0, 0.1) is 11.8 Å². The summed E-state index contributed by atoms with van der Waals surface area (Å²) >= 11 is 1.47. The van der Waals surface area contributed by atoms with Gasteiger partial charge >= 0.3 is 0 Å². The topological polar surface area (TPSA) is 56.0 Å². The molecule has 0 aromatic carbocycles. The number of carbonyl (C=O) groups is 1. The molecule has 1 aromatic rings. The fourth-order valence-corrected chi connectivity index (χ4v) is 0.980. The zero-order valence-corrected chi connectivity index (χ0v) is 6.52. The summed E-state index contributed by atoms with van der Waals surface area (Å²) in [5.74, 6) is 4.90. The van der Waals surface area contributed by atoms with Gasteiger partial charge in [0.05, 0.1) is 11.9 Å². The smallest absolute Gasteiger partial charge is 0.229 e. The average Bonchev–Trinajstić information content (AvgIpc) is 2.39. The van der Waals surface area contributed by atoms with Crippen molar-refractivity contribution >= 4 is 17.2 Å². The van der Waals surface area contributed by atoms with Crippen LogP contribution in [0.25, 0.3) is 0 Å². The summed E-state index contributed by atoms with van der Waals surface area (Å²) in [7, 11) is 0. The van der Waals surface area contributed by atoms with Gasteiger partial charge in [-0.15, -0.1) is 11.3 Å². The van der Waals surface area contributed by atoms with E-state index in [-0.39, 0.29) is 6.42 Å². The van der Waals surface area contributed by atoms with Gasteiger partial charge in [0.15, 0.2) is 0 Å². The van der Waals surface area contributed by atoms with Crippen LogP contribution in [-0.4, -0.2) is 10.9 Å². The lowest BCUT2D eigenvalue weighted by atomic mass is 10.4. The zero-order chi connectivity index (χ0) is 8.10. The number of carbonyl (C=O) groups excluding carboxylic acids is 1. The molecule has 0 atom stereocenters. The molecule has 0 radical (unpaired) electrons. The minimum absolute atomic E-state index is 0.0948. The Bertz CT molecular complexity index is 294. The maximum absolute atomic E-state index is 10.2. The summed E-state index contributed by atoms with van der Waals surface area (Å²) in [6, 6.07) is 0. The lowest BCUT2D eigenvalue weighted by Gasteiger charge is -1.78. The molecule has 11 heavy (non-hydrogen) atoms. The van der Waals surface area contributed by atoms with Crippen molar-refractivity contribution in [3.63, 3.8) is 0 Å². The first kappa shape index (κ1) is 7.76. The summed E-state index contributed by atoms with van der Waals surface area (Å²) in [5.41, 5.74) is 7.25. The van der Waals surface area contributed by atoms with Crippen LogP contribution in [-0.2, 0) is 4.79 Å². The van der Waals surface area contributed by atoms with Crippen molar-refractivity contribution in [1.29, 1.82) is 0 Å². The quantitative estimate of drug-likeness (QED) is 0.613. The van der Waals surface area contributed by atoms with Crippen LogP contribution in [0.2, 0.25) is 0 Å². The molecule has 0 saturated heterocycles. The fourth-order valence-electron chi connectivity index (χ4n) is 0.496. The standard InChI is InChI=1S/C7H6N2OS/c8-7(10)3-1-2-6-4-11-5-9-6/h4-5H,3H2,(H2,8,10). The highest BCUT2D eigenvalue weighted by atomic mass is 32.1. The molecule has 0 spiro atoms. The molecule has 0 bridgehead atoms. The third-order valence-electron chi connectivity index (χ3n) is 0.911. The monoisotopic (exact) mass is 166 g/mol. The van der Waals surface area contributed by atoms with Gasteiger partial charge in [0.2, 0.25) is 5.91 Å². The van der Waals surface area contributed by atoms with Crippen molar-refractivity contribution in [3.05, 3.63) is 16.6 Å². The van der Waals surface area contributed by atoms with E-state index in [0.717, 1.165) is 0 Å². The molecule has 0 saturated carbocycles. The Hall–Kier alpha value is -1.34. The number of hydrogen-bond acceptors (Lipinski definition) is 3. The van der Waals surface area contributed by atoms with E-state index in [1.807, 2.05) is 5.38 Å². The lowest BCUT2D eigenvalue weighted by molar-refractivity contribution is -0.117. The van der Waals surface area contributed by atoms with Crippen LogP contribution in [0.3, 0.4) is 0 Å². The van der Waals surface area contributed by atoms with Gasteiger partial charge < -0.3 is 5.73 Å². The zero-order valence-electron chi connectivity index (χ0n) is 5.70. The minimum Gasteiger partial charge on any atom is -0.369 e. The maximum atomic E-state index is 10.2. The Kier molecular flexibility index (Phi) is 2.64. The first-order valence-electron chi connectivity index (χ1n) is 2.94. The van der Waals surface area contributed by atoms with E-state index in [1.165, 1.54) is 11.3 Å². The van der Waals surface area contributed by atoms with E-state index >= 15 is 0 Å². The van der Waals surface area contributed by atoms with E-state index in [4.69, 9.17) is 5.73 Å². The number of amides is 1. The van der Waals surface area contributed by atoms with Gasteiger partial charge in [-0.25, -0.2) is 4.98 Å². The molecular formula is C7H6N2OS. The van der Waals surface area contributed by atoms with E-state index < -0.39 is 5.91 Å². The molecule has 4 heteroatoms. The average molecular weight is 166 g/mol. The predicted octanol–water partition coefficient (Wildman–Crippen LogP) is 0.370. The number of nitrogens with zero attached hydrogens (tertiary/aromatic N) is 1. The molecule has 3 nitrogen and oxygen atoms in total. The molecule has 0 unspecified atom stereocenters. The van der Waals surface area contributed by atoms with Crippen molar-refractivity contribution in [2.24, 2.45) is 5.73 Å². The van der Waals surface area contributed by atoms with Crippen molar-refractivity contribution in [3.8, 4) is 11.8 Å². The molecule has 1 heterocycles. The van der Waals surface area contributed by atoms with Crippen LogP contribution in [0.1, 0.15) is 12.1 Å².